The van der Waals surface area contributed by atoms with Crippen molar-refractivity contribution in [3.63, 3.8) is 0 Å². The van der Waals surface area contributed by atoms with Crippen LogP contribution in [0.4, 0.5) is 5.69 Å². The number of benzene rings is 1. The Morgan fingerprint density at radius 2 is 2.12 bits per heavy atom. The molecule has 26 heavy (non-hydrogen) atoms. The van der Waals surface area contributed by atoms with E-state index in [0.717, 1.165) is 22.4 Å². The zero-order valence-electron chi connectivity index (χ0n) is 15.6. The van der Waals surface area contributed by atoms with Gasteiger partial charge in [-0.05, 0) is 56.5 Å². The van der Waals surface area contributed by atoms with E-state index in [1.54, 1.807) is 19.5 Å². The summed E-state index contributed by atoms with van der Waals surface area (Å²) in [7, 11) is 0. The lowest BCUT2D eigenvalue weighted by Gasteiger charge is -2.40. The van der Waals surface area contributed by atoms with E-state index >= 15 is 0 Å². The lowest BCUT2D eigenvalue weighted by molar-refractivity contribution is -0.150. The molecule has 2 N–H and O–H groups in total. The lowest BCUT2D eigenvalue weighted by atomic mass is 9.89. The van der Waals surface area contributed by atoms with Crippen molar-refractivity contribution in [2.75, 3.05) is 4.90 Å². The maximum Gasteiger partial charge on any atom is 0.224 e. The molecule has 0 bridgehead atoms. The number of amides is 1. The number of nitrogens with one attached hydrogen (secondary N) is 1. The summed E-state index contributed by atoms with van der Waals surface area (Å²) in [4.78, 5) is 14.0. The van der Waals surface area contributed by atoms with E-state index in [1.165, 1.54) is 0 Å². The minimum absolute atomic E-state index is 0.00670. The molecular formula is C20H26N2O4. The van der Waals surface area contributed by atoms with E-state index < -0.39 is 6.41 Å². The average Bonchev–Trinajstić information content (AvgIpc) is 3.07. The van der Waals surface area contributed by atoms with Crippen LogP contribution in [0.3, 0.4) is 0 Å². The van der Waals surface area contributed by atoms with Gasteiger partial charge >= 0.3 is 0 Å². The first-order chi connectivity index (χ1) is 12.4. The van der Waals surface area contributed by atoms with E-state index in [9.17, 15) is 9.90 Å². The maximum atomic E-state index is 12.2. The zero-order chi connectivity index (χ0) is 18.8. The highest BCUT2D eigenvalue weighted by Gasteiger charge is 2.33. The molecular weight excluding hydrogens is 332 g/mol. The minimum atomic E-state index is -1.07. The van der Waals surface area contributed by atoms with Crippen molar-refractivity contribution < 1.29 is 19.1 Å². The topological polar surface area (TPSA) is 74.9 Å². The van der Waals surface area contributed by atoms with Crippen molar-refractivity contribution >= 4 is 11.6 Å². The van der Waals surface area contributed by atoms with Gasteiger partial charge in [-0.3, -0.25) is 10.1 Å². The first-order valence-electron chi connectivity index (χ1n) is 8.92. The summed E-state index contributed by atoms with van der Waals surface area (Å²) in [6.07, 6.45) is 2.84. The Bertz CT molecular complexity index is 757. The Kier molecular flexibility index (Phi) is 5.46. The molecule has 0 saturated carbocycles. The number of aliphatic hydroxyl groups is 1. The van der Waals surface area contributed by atoms with Crippen LogP contribution < -0.4 is 10.2 Å². The number of anilines is 1. The van der Waals surface area contributed by atoms with Gasteiger partial charge in [0.05, 0.1) is 18.6 Å². The second-order valence-electron chi connectivity index (χ2n) is 7.02. The average molecular weight is 358 g/mol. The fourth-order valence-corrected chi connectivity index (χ4v) is 3.58. The third-order valence-corrected chi connectivity index (χ3v) is 4.62. The van der Waals surface area contributed by atoms with Gasteiger partial charge in [-0.1, -0.05) is 6.07 Å². The Labute approximate surface area is 153 Å². The summed E-state index contributed by atoms with van der Waals surface area (Å²) in [5.41, 5.74) is 3.79. The molecule has 1 aromatic carbocycles. The number of carbonyl (C=O) groups is 1. The second-order valence-corrected chi connectivity index (χ2v) is 7.02. The zero-order valence-corrected chi connectivity index (χ0v) is 15.6. The number of carbonyl (C=O) groups excluding carboxylic acids is 1. The second kappa shape index (κ2) is 7.61. The molecule has 3 atom stereocenters. The number of furan rings is 1. The molecule has 140 valence electrons. The highest BCUT2D eigenvalue weighted by Crippen LogP contribution is 2.39. The van der Waals surface area contributed by atoms with Crippen molar-refractivity contribution in [2.45, 2.75) is 58.7 Å². The summed E-state index contributed by atoms with van der Waals surface area (Å²) in [6.45, 7) is 7.33. The van der Waals surface area contributed by atoms with Crippen LogP contribution in [-0.2, 0) is 9.53 Å². The highest BCUT2D eigenvalue weighted by atomic mass is 16.6. The van der Waals surface area contributed by atoms with Gasteiger partial charge < -0.3 is 19.2 Å². The van der Waals surface area contributed by atoms with E-state index in [4.69, 9.17) is 9.15 Å². The molecule has 1 aliphatic heterocycles. The minimum Gasteiger partial charge on any atom is -0.472 e. The van der Waals surface area contributed by atoms with E-state index in [0.29, 0.717) is 6.42 Å². The number of nitrogens with zero attached hydrogens (tertiary/aromatic N) is 1. The van der Waals surface area contributed by atoms with Crippen molar-refractivity contribution in [3.05, 3.63) is 42.4 Å². The molecule has 6 heteroatoms. The number of ether oxygens (including phenoxy) is 1. The molecule has 6 nitrogen and oxygen atoms in total. The van der Waals surface area contributed by atoms with Gasteiger partial charge in [0.15, 0.2) is 0 Å². The monoisotopic (exact) mass is 358 g/mol. The standard InChI is InChI=1S/C20H26N2O4/c1-12(2)26-20(24)21-18-9-13(3)22(14(4)23)19-6-5-15(10-17(18)19)16-7-8-25-11-16/h5-8,10-13,18,20-21,24H,9H2,1-4H3/t13-,18+,20?/m0/s1. The van der Waals surface area contributed by atoms with Crippen LogP contribution >= 0.6 is 0 Å². The quantitative estimate of drug-likeness (QED) is 0.801. The number of rotatable bonds is 5. The summed E-state index contributed by atoms with van der Waals surface area (Å²) in [6, 6.07) is 7.77. The third kappa shape index (κ3) is 3.82. The normalized spacial score (nSPS) is 20.9. The van der Waals surface area contributed by atoms with Gasteiger partial charge in [0.1, 0.15) is 0 Å². The van der Waals surface area contributed by atoms with E-state index in [-0.39, 0.29) is 24.1 Å². The third-order valence-electron chi connectivity index (χ3n) is 4.62. The summed E-state index contributed by atoms with van der Waals surface area (Å²) in [5.74, 6) is 0.00670. The van der Waals surface area contributed by atoms with Gasteiger partial charge in [0, 0.05) is 30.3 Å². The van der Waals surface area contributed by atoms with Gasteiger partial charge in [0.25, 0.3) is 0 Å². The maximum absolute atomic E-state index is 12.2. The SMILES string of the molecule is CC(=O)N1c2ccc(-c3ccoc3)cc2[C@H](NC(O)OC(C)C)C[C@@H]1C. The molecule has 1 amide bonds. The molecule has 2 aromatic rings. The first kappa shape index (κ1) is 18.6. The first-order valence-corrected chi connectivity index (χ1v) is 8.92. The Hall–Kier alpha value is -2.15. The molecule has 1 aliphatic rings. The van der Waals surface area contributed by atoms with Crippen LogP contribution in [0, 0.1) is 0 Å². The van der Waals surface area contributed by atoms with Gasteiger partial charge in [-0.25, -0.2) is 0 Å². The van der Waals surface area contributed by atoms with Crippen LogP contribution in [0.15, 0.2) is 41.2 Å². The Balaban J connectivity index is 1.98. The number of hydrogen-bond acceptors (Lipinski definition) is 5. The summed E-state index contributed by atoms with van der Waals surface area (Å²) >= 11 is 0. The number of aliphatic hydroxyl groups excluding tert-OH is 1. The van der Waals surface area contributed by atoms with Crippen LogP contribution in [0.5, 0.6) is 0 Å². The molecule has 1 aromatic heterocycles. The van der Waals surface area contributed by atoms with Crippen LogP contribution in [0.1, 0.15) is 45.7 Å². The van der Waals surface area contributed by atoms with Gasteiger partial charge in [-0.2, -0.15) is 0 Å². The summed E-state index contributed by atoms with van der Waals surface area (Å²) in [5, 5.41) is 13.3. The van der Waals surface area contributed by atoms with Gasteiger partial charge in [-0.15, -0.1) is 0 Å². The van der Waals surface area contributed by atoms with Gasteiger partial charge in [0.2, 0.25) is 12.3 Å². The molecule has 2 heterocycles. The Morgan fingerprint density at radius 3 is 2.73 bits per heavy atom. The largest absolute Gasteiger partial charge is 0.472 e. The molecule has 0 saturated heterocycles. The number of hydrogen-bond donors (Lipinski definition) is 2. The van der Waals surface area contributed by atoms with Crippen molar-refractivity contribution in [1.29, 1.82) is 0 Å². The number of fused-ring (bicyclic) bond motifs is 1. The van der Waals surface area contributed by atoms with E-state index in [2.05, 4.69) is 5.32 Å². The smallest absolute Gasteiger partial charge is 0.224 e. The van der Waals surface area contributed by atoms with Crippen molar-refractivity contribution in [1.82, 2.24) is 5.32 Å². The lowest BCUT2D eigenvalue weighted by Crippen LogP contribution is -2.47. The molecule has 0 aliphatic carbocycles. The molecule has 0 fully saturated rings. The van der Waals surface area contributed by atoms with Crippen LogP contribution in [-0.4, -0.2) is 29.6 Å². The fraction of sp³-hybridized carbons (Fsp3) is 0.450. The Morgan fingerprint density at radius 1 is 1.35 bits per heavy atom. The van der Waals surface area contributed by atoms with Crippen LogP contribution in [0.2, 0.25) is 0 Å². The van der Waals surface area contributed by atoms with Crippen molar-refractivity contribution in [2.24, 2.45) is 0 Å². The summed E-state index contributed by atoms with van der Waals surface area (Å²) < 4.78 is 10.6. The predicted molar refractivity (Wildman–Crippen MR) is 99.5 cm³/mol. The highest BCUT2D eigenvalue weighted by molar-refractivity contribution is 5.94. The van der Waals surface area contributed by atoms with E-state index in [1.807, 2.05) is 49.9 Å². The molecule has 3 rings (SSSR count). The fourth-order valence-electron chi connectivity index (χ4n) is 3.58. The van der Waals surface area contributed by atoms with Crippen molar-refractivity contribution in [3.8, 4) is 11.1 Å². The molecule has 1 unspecified atom stereocenters. The van der Waals surface area contributed by atoms with Crippen LogP contribution in [0.25, 0.3) is 11.1 Å². The molecule has 0 spiro atoms. The predicted octanol–water partition coefficient (Wildman–Crippen LogP) is 3.42. The molecule has 0 radical (unpaired) electrons.